The molecule has 1 heteroatoms. The number of hydrogen-bond donors (Lipinski definition) is 1. The van der Waals surface area contributed by atoms with Gasteiger partial charge in [-0.05, 0) is 24.2 Å². The lowest BCUT2D eigenvalue weighted by molar-refractivity contribution is 0.0454. The van der Waals surface area contributed by atoms with Crippen LogP contribution >= 0.6 is 0 Å². The Labute approximate surface area is 76.2 Å². The fourth-order valence-corrected chi connectivity index (χ4v) is 2.52. The van der Waals surface area contributed by atoms with Crippen LogP contribution in [0, 0.1) is 17.8 Å². The van der Waals surface area contributed by atoms with Crippen molar-refractivity contribution in [2.45, 2.75) is 52.6 Å². The van der Waals surface area contributed by atoms with Gasteiger partial charge in [0, 0.05) is 0 Å². The highest BCUT2D eigenvalue weighted by atomic mass is 16.3. The fraction of sp³-hybridized carbons (Fsp3) is 1.00. The van der Waals surface area contributed by atoms with E-state index in [2.05, 4.69) is 20.8 Å². The maximum absolute atomic E-state index is 9.93. The molecule has 0 aromatic heterocycles. The van der Waals surface area contributed by atoms with Crippen molar-refractivity contribution in [2.24, 2.45) is 17.8 Å². The summed E-state index contributed by atoms with van der Waals surface area (Å²) in [6.07, 6.45) is 5.10. The lowest BCUT2D eigenvalue weighted by Gasteiger charge is -2.26. The SMILES string of the molecule is CCC1CCCC1C(O)C(C)C. The number of rotatable bonds is 3. The van der Waals surface area contributed by atoms with Crippen molar-refractivity contribution < 1.29 is 5.11 Å². The molecule has 0 heterocycles. The predicted octanol–water partition coefficient (Wildman–Crippen LogP) is 2.83. The molecule has 0 spiro atoms. The Morgan fingerprint density at radius 2 is 2.00 bits per heavy atom. The monoisotopic (exact) mass is 170 g/mol. The van der Waals surface area contributed by atoms with Gasteiger partial charge in [0.25, 0.3) is 0 Å². The number of hydrogen-bond acceptors (Lipinski definition) is 1. The van der Waals surface area contributed by atoms with Crippen molar-refractivity contribution in [1.82, 2.24) is 0 Å². The van der Waals surface area contributed by atoms with Crippen molar-refractivity contribution >= 4 is 0 Å². The van der Waals surface area contributed by atoms with E-state index in [1.807, 2.05) is 0 Å². The van der Waals surface area contributed by atoms with Crippen LogP contribution in [0.15, 0.2) is 0 Å². The highest BCUT2D eigenvalue weighted by Gasteiger charge is 2.32. The van der Waals surface area contributed by atoms with Gasteiger partial charge in [-0.1, -0.05) is 40.0 Å². The van der Waals surface area contributed by atoms with Crippen molar-refractivity contribution in [3.8, 4) is 0 Å². The molecular weight excluding hydrogens is 148 g/mol. The highest BCUT2D eigenvalue weighted by molar-refractivity contribution is 4.83. The Bertz CT molecular complexity index is 131. The van der Waals surface area contributed by atoms with Crippen LogP contribution in [-0.4, -0.2) is 11.2 Å². The van der Waals surface area contributed by atoms with Gasteiger partial charge in [0.2, 0.25) is 0 Å². The molecule has 1 saturated carbocycles. The topological polar surface area (TPSA) is 20.2 Å². The van der Waals surface area contributed by atoms with E-state index in [0.717, 1.165) is 5.92 Å². The van der Waals surface area contributed by atoms with E-state index in [0.29, 0.717) is 11.8 Å². The highest BCUT2D eigenvalue weighted by Crippen LogP contribution is 2.37. The van der Waals surface area contributed by atoms with Crippen molar-refractivity contribution in [1.29, 1.82) is 0 Å². The minimum atomic E-state index is -0.0579. The summed E-state index contributed by atoms with van der Waals surface area (Å²) in [5.41, 5.74) is 0. The van der Waals surface area contributed by atoms with Crippen LogP contribution in [0.5, 0.6) is 0 Å². The normalized spacial score (nSPS) is 32.8. The first-order chi connectivity index (χ1) is 5.66. The molecule has 0 bridgehead atoms. The van der Waals surface area contributed by atoms with Gasteiger partial charge in [-0.3, -0.25) is 0 Å². The first-order valence-corrected chi connectivity index (χ1v) is 5.34. The molecule has 0 aliphatic heterocycles. The molecule has 1 rings (SSSR count). The predicted molar refractivity (Wildman–Crippen MR) is 52.0 cm³/mol. The largest absolute Gasteiger partial charge is 0.393 e. The Morgan fingerprint density at radius 3 is 2.50 bits per heavy atom. The van der Waals surface area contributed by atoms with Crippen molar-refractivity contribution in [3.05, 3.63) is 0 Å². The maximum Gasteiger partial charge on any atom is 0.0593 e. The lowest BCUT2D eigenvalue weighted by Crippen LogP contribution is -2.28. The fourth-order valence-electron chi connectivity index (χ4n) is 2.52. The van der Waals surface area contributed by atoms with E-state index in [-0.39, 0.29) is 6.10 Å². The molecule has 3 atom stereocenters. The average molecular weight is 170 g/mol. The second-order valence-corrected chi connectivity index (χ2v) is 4.50. The molecule has 0 aromatic carbocycles. The second-order valence-electron chi connectivity index (χ2n) is 4.50. The summed E-state index contributed by atoms with van der Waals surface area (Å²) in [5, 5.41) is 9.93. The van der Waals surface area contributed by atoms with Gasteiger partial charge in [0.05, 0.1) is 6.10 Å². The lowest BCUT2D eigenvalue weighted by atomic mass is 9.84. The summed E-state index contributed by atoms with van der Waals surface area (Å²) in [5.74, 6) is 1.82. The van der Waals surface area contributed by atoms with Gasteiger partial charge >= 0.3 is 0 Å². The van der Waals surface area contributed by atoms with E-state index in [1.54, 1.807) is 0 Å². The zero-order valence-corrected chi connectivity index (χ0v) is 8.59. The summed E-state index contributed by atoms with van der Waals surface area (Å²) in [4.78, 5) is 0. The van der Waals surface area contributed by atoms with Crippen LogP contribution in [-0.2, 0) is 0 Å². The zero-order chi connectivity index (χ0) is 9.14. The zero-order valence-electron chi connectivity index (χ0n) is 8.59. The van der Waals surface area contributed by atoms with Crippen molar-refractivity contribution in [2.75, 3.05) is 0 Å². The Kier molecular flexibility index (Phi) is 3.57. The summed E-state index contributed by atoms with van der Waals surface area (Å²) >= 11 is 0. The minimum absolute atomic E-state index is 0.0579. The molecule has 0 amide bonds. The van der Waals surface area contributed by atoms with Gasteiger partial charge in [-0.2, -0.15) is 0 Å². The van der Waals surface area contributed by atoms with Gasteiger partial charge in [-0.25, -0.2) is 0 Å². The average Bonchev–Trinajstić information content (AvgIpc) is 2.49. The van der Waals surface area contributed by atoms with Crippen LogP contribution in [0.1, 0.15) is 46.5 Å². The molecule has 1 nitrogen and oxygen atoms in total. The van der Waals surface area contributed by atoms with Crippen LogP contribution < -0.4 is 0 Å². The van der Waals surface area contributed by atoms with Gasteiger partial charge in [-0.15, -0.1) is 0 Å². The van der Waals surface area contributed by atoms with E-state index < -0.39 is 0 Å². The molecule has 1 aliphatic carbocycles. The van der Waals surface area contributed by atoms with Crippen LogP contribution in [0.2, 0.25) is 0 Å². The van der Waals surface area contributed by atoms with Gasteiger partial charge < -0.3 is 5.11 Å². The molecule has 0 aromatic rings. The molecule has 1 aliphatic rings. The first-order valence-electron chi connectivity index (χ1n) is 5.34. The molecule has 0 saturated heterocycles. The quantitative estimate of drug-likeness (QED) is 0.690. The molecule has 12 heavy (non-hydrogen) atoms. The standard InChI is InChI=1S/C11H22O/c1-4-9-6-5-7-10(9)11(12)8(2)3/h8-12H,4-7H2,1-3H3. The Morgan fingerprint density at radius 1 is 1.33 bits per heavy atom. The van der Waals surface area contributed by atoms with E-state index in [1.165, 1.54) is 25.7 Å². The maximum atomic E-state index is 9.93. The summed E-state index contributed by atoms with van der Waals surface area (Å²) in [6.45, 7) is 6.49. The van der Waals surface area contributed by atoms with Gasteiger partial charge in [0.15, 0.2) is 0 Å². The number of aliphatic hydroxyl groups is 1. The molecular formula is C11H22O. The third kappa shape index (κ3) is 2.01. The third-order valence-electron chi connectivity index (χ3n) is 3.36. The molecule has 72 valence electrons. The molecule has 3 unspecified atom stereocenters. The number of aliphatic hydroxyl groups excluding tert-OH is 1. The summed E-state index contributed by atoms with van der Waals surface area (Å²) in [7, 11) is 0. The Balaban J connectivity index is 2.49. The van der Waals surface area contributed by atoms with Crippen LogP contribution in [0.25, 0.3) is 0 Å². The smallest absolute Gasteiger partial charge is 0.0593 e. The van der Waals surface area contributed by atoms with Gasteiger partial charge in [0.1, 0.15) is 0 Å². The molecule has 1 N–H and O–H groups in total. The molecule has 1 fully saturated rings. The van der Waals surface area contributed by atoms with E-state index in [9.17, 15) is 5.11 Å². The first kappa shape index (κ1) is 10.0. The van der Waals surface area contributed by atoms with Crippen molar-refractivity contribution in [3.63, 3.8) is 0 Å². The summed E-state index contributed by atoms with van der Waals surface area (Å²) in [6, 6.07) is 0. The minimum Gasteiger partial charge on any atom is -0.393 e. The third-order valence-corrected chi connectivity index (χ3v) is 3.36. The van der Waals surface area contributed by atoms with E-state index in [4.69, 9.17) is 0 Å². The second kappa shape index (κ2) is 4.27. The van der Waals surface area contributed by atoms with Crippen LogP contribution in [0.3, 0.4) is 0 Å². The molecule has 0 radical (unpaired) electrons. The van der Waals surface area contributed by atoms with Crippen LogP contribution in [0.4, 0.5) is 0 Å². The van der Waals surface area contributed by atoms with E-state index >= 15 is 0 Å². The Hall–Kier alpha value is -0.0400. The summed E-state index contributed by atoms with van der Waals surface area (Å²) < 4.78 is 0.